The van der Waals surface area contributed by atoms with Gasteiger partial charge in [0, 0.05) is 5.56 Å². The molecule has 1 aromatic heterocycles. The van der Waals surface area contributed by atoms with E-state index in [0.29, 0.717) is 10.9 Å². The summed E-state index contributed by atoms with van der Waals surface area (Å²) in [7, 11) is 0. The average Bonchev–Trinajstić information content (AvgIpc) is 2.66. The lowest BCUT2D eigenvalue weighted by molar-refractivity contribution is -0.147. The topological polar surface area (TPSA) is 101 Å². The molecule has 0 radical (unpaired) electrons. The van der Waals surface area contributed by atoms with E-state index in [1.807, 2.05) is 0 Å². The summed E-state index contributed by atoms with van der Waals surface area (Å²) in [6.07, 6.45) is -0.819. The molecule has 1 amide bonds. The first-order valence-corrected chi connectivity index (χ1v) is 8.16. The fourth-order valence-corrected chi connectivity index (χ4v) is 2.48. The molecule has 0 saturated carbocycles. The van der Waals surface area contributed by atoms with E-state index >= 15 is 0 Å². The number of hydrogen-bond donors (Lipinski definition) is 2. The van der Waals surface area contributed by atoms with Gasteiger partial charge in [0.25, 0.3) is 11.5 Å². The second kappa shape index (κ2) is 7.77. The van der Waals surface area contributed by atoms with E-state index in [1.165, 1.54) is 18.2 Å². The van der Waals surface area contributed by atoms with Crippen molar-refractivity contribution in [2.24, 2.45) is 0 Å². The molecule has 27 heavy (non-hydrogen) atoms. The number of carbonyl (C=O) groups is 2. The number of hydrogen-bond acceptors (Lipinski definition) is 5. The summed E-state index contributed by atoms with van der Waals surface area (Å²) >= 11 is 0. The van der Waals surface area contributed by atoms with Crippen molar-refractivity contribution in [3.8, 4) is 0 Å². The van der Waals surface area contributed by atoms with Gasteiger partial charge in [0.05, 0.1) is 10.9 Å². The number of amides is 1. The normalized spacial score (nSPS) is 11.8. The molecule has 3 aromatic rings. The van der Waals surface area contributed by atoms with Gasteiger partial charge < -0.3 is 15.0 Å². The molecule has 0 spiro atoms. The monoisotopic (exact) mass is 369 g/mol. The number of halogens is 1. The molecule has 3 rings (SSSR count). The molecular formula is C19H16FN3O4. The first-order chi connectivity index (χ1) is 12.9. The zero-order valence-corrected chi connectivity index (χ0v) is 14.4. The number of fused-ring (bicyclic) bond motifs is 1. The minimum Gasteiger partial charge on any atom is -0.453 e. The van der Waals surface area contributed by atoms with Crippen LogP contribution in [0.1, 0.15) is 29.2 Å². The van der Waals surface area contributed by atoms with Gasteiger partial charge in [-0.05, 0) is 37.3 Å². The number of carbonyl (C=O) groups excluding carboxylic acids is 2. The van der Waals surface area contributed by atoms with Gasteiger partial charge in [-0.2, -0.15) is 0 Å². The van der Waals surface area contributed by atoms with Crippen molar-refractivity contribution in [3.05, 3.63) is 76.1 Å². The third-order valence-electron chi connectivity index (χ3n) is 3.80. The van der Waals surface area contributed by atoms with Crippen LogP contribution in [0.3, 0.4) is 0 Å². The summed E-state index contributed by atoms with van der Waals surface area (Å²) < 4.78 is 18.3. The van der Waals surface area contributed by atoms with Crippen molar-refractivity contribution in [2.75, 3.05) is 6.54 Å². The molecule has 7 nitrogen and oxygen atoms in total. The standard InChI is InChI=1S/C19H16FN3O4/c1-11(17-22-15-8-3-2-7-14(15)19(26)23-17)27-16(24)10-21-18(25)12-5-4-6-13(20)9-12/h2-9,11H,10H2,1H3,(H,21,25)(H,22,23,26)/t11-/m1/s1. The lowest BCUT2D eigenvalue weighted by Crippen LogP contribution is -2.31. The number of aromatic amines is 1. The second-order valence-electron chi connectivity index (χ2n) is 5.79. The maximum absolute atomic E-state index is 13.1. The van der Waals surface area contributed by atoms with E-state index in [2.05, 4.69) is 15.3 Å². The Morgan fingerprint density at radius 3 is 2.78 bits per heavy atom. The summed E-state index contributed by atoms with van der Waals surface area (Å²) in [5.74, 6) is -1.67. The molecule has 0 fully saturated rings. The summed E-state index contributed by atoms with van der Waals surface area (Å²) in [6.45, 7) is 1.15. The molecule has 0 unspecified atom stereocenters. The average molecular weight is 369 g/mol. The number of esters is 1. The van der Waals surface area contributed by atoms with E-state index < -0.39 is 30.3 Å². The van der Waals surface area contributed by atoms with Crippen molar-refractivity contribution >= 4 is 22.8 Å². The summed E-state index contributed by atoms with van der Waals surface area (Å²) in [4.78, 5) is 42.8. The highest BCUT2D eigenvalue weighted by Gasteiger charge is 2.16. The van der Waals surface area contributed by atoms with Gasteiger partial charge in [0.1, 0.15) is 12.4 Å². The van der Waals surface area contributed by atoms with Crippen molar-refractivity contribution < 1.29 is 18.7 Å². The van der Waals surface area contributed by atoms with Crippen LogP contribution in [-0.4, -0.2) is 28.4 Å². The number of nitrogens with one attached hydrogen (secondary N) is 2. The van der Waals surface area contributed by atoms with Gasteiger partial charge in [-0.15, -0.1) is 0 Å². The fourth-order valence-electron chi connectivity index (χ4n) is 2.48. The van der Waals surface area contributed by atoms with Gasteiger partial charge in [-0.1, -0.05) is 18.2 Å². The van der Waals surface area contributed by atoms with E-state index in [9.17, 15) is 18.8 Å². The highest BCUT2D eigenvalue weighted by atomic mass is 19.1. The summed E-state index contributed by atoms with van der Waals surface area (Å²) in [5, 5.41) is 2.78. The minimum atomic E-state index is -0.819. The number of benzene rings is 2. The zero-order valence-electron chi connectivity index (χ0n) is 14.4. The highest BCUT2D eigenvalue weighted by Crippen LogP contribution is 2.14. The number of aromatic nitrogens is 2. The van der Waals surface area contributed by atoms with Crippen LogP contribution in [-0.2, 0) is 9.53 Å². The molecule has 0 aliphatic heterocycles. The Balaban J connectivity index is 1.62. The van der Waals surface area contributed by atoms with Crippen LogP contribution in [0.2, 0.25) is 0 Å². The molecule has 2 aromatic carbocycles. The van der Waals surface area contributed by atoms with Gasteiger partial charge in [-0.25, -0.2) is 9.37 Å². The van der Waals surface area contributed by atoms with Crippen molar-refractivity contribution in [3.63, 3.8) is 0 Å². The first kappa shape index (κ1) is 18.2. The summed E-state index contributed by atoms with van der Waals surface area (Å²) in [6, 6.07) is 11.9. The molecule has 0 saturated heterocycles. The van der Waals surface area contributed by atoms with Gasteiger partial charge in [-0.3, -0.25) is 14.4 Å². The third-order valence-corrected chi connectivity index (χ3v) is 3.80. The predicted octanol–water partition coefficient (Wildman–Crippen LogP) is 2.10. The fraction of sp³-hybridized carbons (Fsp3) is 0.158. The summed E-state index contributed by atoms with van der Waals surface area (Å²) in [5.41, 5.74) is 0.243. The maximum atomic E-state index is 13.1. The smallest absolute Gasteiger partial charge is 0.326 e. The predicted molar refractivity (Wildman–Crippen MR) is 95.6 cm³/mol. The zero-order chi connectivity index (χ0) is 19.4. The van der Waals surface area contributed by atoms with Gasteiger partial charge >= 0.3 is 5.97 Å². The maximum Gasteiger partial charge on any atom is 0.326 e. The van der Waals surface area contributed by atoms with Crippen molar-refractivity contribution in [1.29, 1.82) is 0 Å². The van der Waals surface area contributed by atoms with Crippen LogP contribution in [0.5, 0.6) is 0 Å². The Labute approximate surface area is 153 Å². The highest BCUT2D eigenvalue weighted by molar-refractivity contribution is 5.95. The molecule has 138 valence electrons. The number of para-hydroxylation sites is 1. The minimum absolute atomic E-state index is 0.0939. The lowest BCUT2D eigenvalue weighted by Gasteiger charge is -2.13. The number of rotatable bonds is 5. The molecule has 1 heterocycles. The van der Waals surface area contributed by atoms with E-state index in [-0.39, 0.29) is 16.9 Å². The van der Waals surface area contributed by atoms with Crippen LogP contribution in [0.15, 0.2) is 53.3 Å². The number of ether oxygens (including phenoxy) is 1. The van der Waals surface area contributed by atoms with Crippen LogP contribution < -0.4 is 10.9 Å². The number of nitrogens with zero attached hydrogens (tertiary/aromatic N) is 1. The lowest BCUT2D eigenvalue weighted by atomic mass is 10.2. The molecular weight excluding hydrogens is 353 g/mol. The second-order valence-corrected chi connectivity index (χ2v) is 5.79. The quantitative estimate of drug-likeness (QED) is 0.671. The molecule has 2 N–H and O–H groups in total. The van der Waals surface area contributed by atoms with Crippen molar-refractivity contribution in [2.45, 2.75) is 13.0 Å². The first-order valence-electron chi connectivity index (χ1n) is 8.16. The largest absolute Gasteiger partial charge is 0.453 e. The Morgan fingerprint density at radius 2 is 2.00 bits per heavy atom. The van der Waals surface area contributed by atoms with E-state index in [0.717, 1.165) is 6.07 Å². The molecule has 0 aliphatic carbocycles. The Morgan fingerprint density at radius 1 is 1.22 bits per heavy atom. The molecule has 0 bridgehead atoms. The van der Waals surface area contributed by atoms with E-state index in [4.69, 9.17) is 4.74 Å². The van der Waals surface area contributed by atoms with Gasteiger partial charge in [0.2, 0.25) is 0 Å². The molecule has 0 aliphatic rings. The van der Waals surface area contributed by atoms with Gasteiger partial charge in [0.15, 0.2) is 11.9 Å². The Bertz CT molecular complexity index is 1060. The van der Waals surface area contributed by atoms with Crippen LogP contribution in [0.4, 0.5) is 4.39 Å². The van der Waals surface area contributed by atoms with Crippen LogP contribution >= 0.6 is 0 Å². The third kappa shape index (κ3) is 4.35. The molecule has 1 atom stereocenters. The van der Waals surface area contributed by atoms with Crippen LogP contribution in [0.25, 0.3) is 10.9 Å². The number of H-pyrrole nitrogens is 1. The Kier molecular flexibility index (Phi) is 5.25. The SMILES string of the molecule is C[C@@H](OC(=O)CNC(=O)c1cccc(F)c1)c1nc2ccccc2c(=O)[nH]1. The van der Waals surface area contributed by atoms with Crippen LogP contribution in [0, 0.1) is 5.82 Å². The molecule has 8 heteroatoms. The Hall–Kier alpha value is -3.55. The van der Waals surface area contributed by atoms with E-state index in [1.54, 1.807) is 31.2 Å². The van der Waals surface area contributed by atoms with Crippen molar-refractivity contribution in [1.82, 2.24) is 15.3 Å².